The maximum absolute atomic E-state index is 2.43. The smallest absolute Gasteiger partial charge is 0.248 e. The molecule has 0 amide bonds. The summed E-state index contributed by atoms with van der Waals surface area (Å²) >= 11 is 0. The number of hydrogen-bond acceptors (Lipinski definition) is 1. The van der Waals surface area contributed by atoms with Crippen molar-refractivity contribution in [2.75, 3.05) is 4.90 Å². The van der Waals surface area contributed by atoms with Crippen LogP contribution in [-0.2, 0) is 0 Å². The highest BCUT2D eigenvalue weighted by Gasteiger charge is 2.42. The number of hydrogen-bond donors (Lipinski definition) is 0. The molecule has 0 atom stereocenters. The Kier molecular flexibility index (Phi) is 2.96. The molecule has 2 aliphatic heterocycles. The van der Waals surface area contributed by atoms with E-state index in [0.29, 0.717) is 6.71 Å². The highest BCUT2D eigenvalue weighted by molar-refractivity contribution is 7.01. The summed E-state index contributed by atoms with van der Waals surface area (Å²) in [6, 6.07) is 33.1. The van der Waals surface area contributed by atoms with Gasteiger partial charge in [0, 0.05) is 17.1 Å². The minimum Gasteiger partial charge on any atom is -0.311 e. The summed E-state index contributed by atoms with van der Waals surface area (Å²) in [4.78, 5) is 2.43. The van der Waals surface area contributed by atoms with Gasteiger partial charge in [0.1, 0.15) is 0 Å². The molecule has 27 heavy (non-hydrogen) atoms. The molecule has 0 unspecified atom stereocenters. The maximum Gasteiger partial charge on any atom is 0.248 e. The van der Waals surface area contributed by atoms with E-state index in [2.05, 4.69) is 103 Å². The average Bonchev–Trinajstić information content (AvgIpc) is 3.05. The van der Waals surface area contributed by atoms with E-state index < -0.39 is 0 Å². The number of rotatable bonds is 1. The maximum atomic E-state index is 2.43. The van der Waals surface area contributed by atoms with Gasteiger partial charge in [-0.1, -0.05) is 77.8 Å². The van der Waals surface area contributed by atoms with Crippen molar-refractivity contribution in [1.82, 2.24) is 0 Å². The Hall–Kier alpha value is -3.26. The third-order valence-electron chi connectivity index (χ3n) is 6.02. The molecule has 6 rings (SSSR count). The van der Waals surface area contributed by atoms with Gasteiger partial charge in [0.15, 0.2) is 0 Å². The summed E-state index contributed by atoms with van der Waals surface area (Å²) in [6.45, 7) is 2.57. The molecule has 4 aromatic rings. The summed E-state index contributed by atoms with van der Waals surface area (Å²) in [5.74, 6) is 0. The number of nitrogens with zero attached hydrogens (tertiary/aromatic N) is 1. The van der Waals surface area contributed by atoms with Gasteiger partial charge in [-0.05, 0) is 53.2 Å². The monoisotopic (exact) mass is 343 g/mol. The van der Waals surface area contributed by atoms with Crippen molar-refractivity contribution in [3.05, 3.63) is 96.6 Å². The molecule has 0 aliphatic carbocycles. The fourth-order valence-electron chi connectivity index (χ4n) is 4.96. The minimum atomic E-state index is 0.323. The van der Waals surface area contributed by atoms with Crippen LogP contribution in [0.15, 0.2) is 91.0 Å². The van der Waals surface area contributed by atoms with E-state index in [0.717, 1.165) is 0 Å². The van der Waals surface area contributed by atoms with Crippen LogP contribution in [0.1, 0.15) is 5.56 Å². The second kappa shape index (κ2) is 5.37. The van der Waals surface area contributed by atoms with Crippen LogP contribution in [0.5, 0.6) is 0 Å². The van der Waals surface area contributed by atoms with Crippen LogP contribution in [0, 0.1) is 6.92 Å². The zero-order chi connectivity index (χ0) is 18.0. The van der Waals surface area contributed by atoms with Gasteiger partial charge in [0.05, 0.1) is 0 Å². The summed E-state index contributed by atoms with van der Waals surface area (Å²) in [7, 11) is 0. The van der Waals surface area contributed by atoms with E-state index in [9.17, 15) is 0 Å². The second-order valence-electron chi connectivity index (χ2n) is 7.44. The largest absolute Gasteiger partial charge is 0.311 e. The lowest BCUT2D eigenvalue weighted by atomic mass is 9.36. The number of benzene rings is 4. The van der Waals surface area contributed by atoms with Gasteiger partial charge in [-0.3, -0.25) is 0 Å². The van der Waals surface area contributed by atoms with Crippen LogP contribution >= 0.6 is 0 Å². The Bertz CT molecular complexity index is 1200. The van der Waals surface area contributed by atoms with Gasteiger partial charge in [0.25, 0.3) is 0 Å². The standard InChI is InChI=1S/C25H18BN/c1-17-9-7-15-22-24(17)26-21-14-6-5-12-19(21)20-13-8-16-23(25(20)26)27(22)18-10-3-2-4-11-18/h2-16H,1H3. The van der Waals surface area contributed by atoms with E-state index in [1.165, 1.54) is 50.1 Å². The third-order valence-corrected chi connectivity index (χ3v) is 6.02. The molecule has 0 saturated carbocycles. The van der Waals surface area contributed by atoms with E-state index in [1.807, 2.05) is 0 Å². The summed E-state index contributed by atoms with van der Waals surface area (Å²) in [6.07, 6.45) is 0. The fourth-order valence-corrected chi connectivity index (χ4v) is 4.96. The van der Waals surface area contributed by atoms with Crippen LogP contribution in [0.25, 0.3) is 11.1 Å². The molecule has 0 spiro atoms. The second-order valence-corrected chi connectivity index (χ2v) is 7.44. The molecule has 2 heteroatoms. The van der Waals surface area contributed by atoms with Crippen LogP contribution in [0.3, 0.4) is 0 Å². The van der Waals surface area contributed by atoms with Gasteiger partial charge in [0.2, 0.25) is 6.71 Å². The average molecular weight is 343 g/mol. The lowest BCUT2D eigenvalue weighted by molar-refractivity contribution is 1.28. The molecule has 0 N–H and O–H groups in total. The van der Waals surface area contributed by atoms with Crippen LogP contribution < -0.4 is 21.3 Å². The molecule has 0 bridgehead atoms. The van der Waals surface area contributed by atoms with Crippen molar-refractivity contribution in [2.24, 2.45) is 0 Å². The predicted molar refractivity (Wildman–Crippen MR) is 116 cm³/mol. The Balaban J connectivity index is 1.76. The van der Waals surface area contributed by atoms with Crippen LogP contribution in [0.4, 0.5) is 17.1 Å². The van der Waals surface area contributed by atoms with Gasteiger partial charge >= 0.3 is 0 Å². The van der Waals surface area contributed by atoms with Crippen molar-refractivity contribution in [3.63, 3.8) is 0 Å². The number of para-hydroxylation sites is 1. The molecular formula is C25H18BN. The number of aryl methyl sites for hydroxylation is 1. The molecular weight excluding hydrogens is 325 g/mol. The first-order valence-corrected chi connectivity index (χ1v) is 9.51. The molecule has 2 aliphatic rings. The first-order valence-electron chi connectivity index (χ1n) is 9.51. The Morgan fingerprint density at radius 3 is 2.11 bits per heavy atom. The van der Waals surface area contributed by atoms with E-state index in [1.54, 1.807) is 0 Å². The van der Waals surface area contributed by atoms with Crippen molar-refractivity contribution in [3.8, 4) is 11.1 Å². The zero-order valence-corrected chi connectivity index (χ0v) is 15.2. The van der Waals surface area contributed by atoms with E-state index in [4.69, 9.17) is 0 Å². The summed E-state index contributed by atoms with van der Waals surface area (Å²) in [5.41, 5.74) is 12.2. The lowest BCUT2D eigenvalue weighted by Gasteiger charge is -2.36. The molecule has 2 heterocycles. The third kappa shape index (κ3) is 1.90. The SMILES string of the molecule is Cc1cccc2c1B1c3ccccc3-c3cccc(c31)N2c1ccccc1. The molecule has 4 aromatic carbocycles. The summed E-state index contributed by atoms with van der Waals surface area (Å²) < 4.78 is 0. The first-order chi connectivity index (χ1) is 13.3. The topological polar surface area (TPSA) is 3.24 Å². The van der Waals surface area contributed by atoms with Gasteiger partial charge in [-0.15, -0.1) is 0 Å². The lowest BCUT2D eigenvalue weighted by Crippen LogP contribution is -2.55. The minimum absolute atomic E-state index is 0.323. The quantitative estimate of drug-likeness (QED) is 0.403. The molecule has 0 radical (unpaired) electrons. The van der Waals surface area contributed by atoms with Gasteiger partial charge in [-0.25, -0.2) is 0 Å². The van der Waals surface area contributed by atoms with Crippen molar-refractivity contribution in [2.45, 2.75) is 6.92 Å². The number of fused-ring (bicyclic) bond motifs is 5. The first kappa shape index (κ1) is 14.9. The molecule has 126 valence electrons. The molecule has 0 aromatic heterocycles. The van der Waals surface area contributed by atoms with Gasteiger partial charge < -0.3 is 4.90 Å². The molecule has 0 saturated heterocycles. The molecule has 1 nitrogen and oxygen atoms in total. The van der Waals surface area contributed by atoms with Crippen LogP contribution in [-0.4, -0.2) is 6.71 Å². The van der Waals surface area contributed by atoms with Gasteiger partial charge in [-0.2, -0.15) is 0 Å². The van der Waals surface area contributed by atoms with Crippen molar-refractivity contribution < 1.29 is 0 Å². The fraction of sp³-hybridized carbons (Fsp3) is 0.0400. The highest BCUT2D eigenvalue weighted by atomic mass is 15.1. The Morgan fingerprint density at radius 1 is 0.593 bits per heavy atom. The summed E-state index contributed by atoms with van der Waals surface area (Å²) in [5, 5.41) is 0. The zero-order valence-electron chi connectivity index (χ0n) is 15.2. The molecule has 0 fully saturated rings. The number of anilines is 3. The van der Waals surface area contributed by atoms with Crippen molar-refractivity contribution in [1.29, 1.82) is 0 Å². The van der Waals surface area contributed by atoms with Crippen molar-refractivity contribution >= 4 is 40.2 Å². The van der Waals surface area contributed by atoms with E-state index >= 15 is 0 Å². The Labute approximate surface area is 160 Å². The Morgan fingerprint density at radius 2 is 1.26 bits per heavy atom. The predicted octanol–water partition coefficient (Wildman–Crippen LogP) is 4.27. The van der Waals surface area contributed by atoms with E-state index in [-0.39, 0.29) is 0 Å². The van der Waals surface area contributed by atoms with Crippen LogP contribution in [0.2, 0.25) is 0 Å². The highest BCUT2D eigenvalue weighted by Crippen LogP contribution is 2.40. The normalized spacial score (nSPS) is 13.2.